The van der Waals surface area contributed by atoms with Crippen LogP contribution in [0.4, 0.5) is 0 Å². The molecule has 0 aromatic rings. The van der Waals surface area contributed by atoms with Gasteiger partial charge < -0.3 is 0 Å². The highest BCUT2D eigenvalue weighted by Crippen LogP contribution is 2.35. The molecule has 0 nitrogen and oxygen atoms in total. The first-order valence-electron chi connectivity index (χ1n) is 4.31. The van der Waals surface area contributed by atoms with Gasteiger partial charge in [-0.25, -0.2) is 0 Å². The van der Waals surface area contributed by atoms with E-state index >= 15 is 0 Å². The van der Waals surface area contributed by atoms with Crippen LogP contribution in [-0.2, 0) is 0 Å². The van der Waals surface area contributed by atoms with Crippen LogP contribution >= 0.6 is 0 Å². The highest BCUT2D eigenvalue weighted by atomic mass is 14.3. The molecule has 0 rings (SSSR count). The van der Waals surface area contributed by atoms with E-state index in [0.29, 0.717) is 5.41 Å². The molecule has 0 heteroatoms. The molecule has 64 valence electrons. The normalized spacial score (nSPS) is 12.7. The molecule has 0 saturated heterocycles. The van der Waals surface area contributed by atoms with Gasteiger partial charge in [0.15, 0.2) is 0 Å². The van der Waals surface area contributed by atoms with Gasteiger partial charge in [0.2, 0.25) is 0 Å². The standard InChI is InChI=1S/C11H20/c1-7-10(3,4)9-11(5,6)8-2/h1H,8-9H2,2-6H3. The smallest absolute Gasteiger partial charge is 0.0260 e. The van der Waals surface area contributed by atoms with Crippen LogP contribution in [0.25, 0.3) is 0 Å². The van der Waals surface area contributed by atoms with Crippen LogP contribution < -0.4 is 0 Å². The zero-order chi connectivity index (χ0) is 9.12. The number of hydrogen-bond donors (Lipinski definition) is 0. The molecule has 0 heterocycles. The molecule has 0 aliphatic heterocycles. The summed E-state index contributed by atoms with van der Waals surface area (Å²) in [6.07, 6.45) is 7.71. The molecule has 0 amide bonds. The van der Waals surface area contributed by atoms with Crippen molar-refractivity contribution in [3.05, 3.63) is 0 Å². The summed E-state index contributed by atoms with van der Waals surface area (Å²) in [4.78, 5) is 0. The average Bonchev–Trinajstić information content (AvgIpc) is 1.86. The van der Waals surface area contributed by atoms with Crippen LogP contribution in [0.3, 0.4) is 0 Å². The van der Waals surface area contributed by atoms with E-state index in [-0.39, 0.29) is 5.41 Å². The van der Waals surface area contributed by atoms with Gasteiger partial charge in [-0.15, -0.1) is 12.3 Å². The fourth-order valence-electron chi connectivity index (χ4n) is 1.37. The van der Waals surface area contributed by atoms with Crippen molar-refractivity contribution in [1.29, 1.82) is 0 Å². The maximum absolute atomic E-state index is 5.42. The predicted molar refractivity (Wildman–Crippen MR) is 51.3 cm³/mol. The molecule has 0 saturated carbocycles. The number of terminal acetylenes is 1. The Hall–Kier alpha value is -0.440. The third-order valence-corrected chi connectivity index (χ3v) is 2.27. The summed E-state index contributed by atoms with van der Waals surface area (Å²) >= 11 is 0. The number of rotatable bonds is 3. The van der Waals surface area contributed by atoms with Crippen molar-refractivity contribution in [2.24, 2.45) is 10.8 Å². The Morgan fingerprint density at radius 1 is 1.18 bits per heavy atom. The molecule has 0 spiro atoms. The molecular formula is C11H20. The second kappa shape index (κ2) is 3.30. The third-order valence-electron chi connectivity index (χ3n) is 2.27. The van der Waals surface area contributed by atoms with Gasteiger partial charge in [-0.05, 0) is 25.7 Å². The summed E-state index contributed by atoms with van der Waals surface area (Å²) < 4.78 is 0. The SMILES string of the molecule is C#CC(C)(C)CC(C)(C)CC. The minimum atomic E-state index is 0.0551. The monoisotopic (exact) mass is 152 g/mol. The first-order chi connectivity index (χ1) is 4.83. The highest BCUT2D eigenvalue weighted by Gasteiger charge is 2.25. The van der Waals surface area contributed by atoms with Crippen LogP contribution in [0.15, 0.2) is 0 Å². The summed E-state index contributed by atoms with van der Waals surface area (Å²) in [5, 5.41) is 0. The Morgan fingerprint density at radius 3 is 1.91 bits per heavy atom. The summed E-state index contributed by atoms with van der Waals surface area (Å²) in [6, 6.07) is 0. The fraction of sp³-hybridized carbons (Fsp3) is 0.818. The lowest BCUT2D eigenvalue weighted by atomic mass is 9.74. The maximum Gasteiger partial charge on any atom is 0.0260 e. The largest absolute Gasteiger partial charge is 0.120 e. The molecule has 0 fully saturated rings. The van der Waals surface area contributed by atoms with E-state index in [1.165, 1.54) is 6.42 Å². The Kier molecular flexibility index (Phi) is 3.17. The fourth-order valence-corrected chi connectivity index (χ4v) is 1.37. The van der Waals surface area contributed by atoms with Crippen molar-refractivity contribution >= 4 is 0 Å². The average molecular weight is 152 g/mol. The van der Waals surface area contributed by atoms with Crippen molar-refractivity contribution in [3.8, 4) is 12.3 Å². The number of hydrogen-bond acceptors (Lipinski definition) is 0. The van der Waals surface area contributed by atoms with Crippen LogP contribution in [-0.4, -0.2) is 0 Å². The van der Waals surface area contributed by atoms with Crippen molar-refractivity contribution in [1.82, 2.24) is 0 Å². The third kappa shape index (κ3) is 4.09. The van der Waals surface area contributed by atoms with Gasteiger partial charge in [-0.1, -0.05) is 27.2 Å². The molecule has 0 aliphatic carbocycles. The zero-order valence-corrected chi connectivity index (χ0v) is 8.49. The molecule has 0 bridgehead atoms. The van der Waals surface area contributed by atoms with E-state index in [4.69, 9.17) is 6.42 Å². The van der Waals surface area contributed by atoms with Crippen molar-refractivity contribution in [2.45, 2.75) is 47.5 Å². The Bertz CT molecular complexity index is 155. The molecule has 0 aromatic carbocycles. The van der Waals surface area contributed by atoms with Gasteiger partial charge in [0.05, 0.1) is 0 Å². The maximum atomic E-state index is 5.42. The zero-order valence-electron chi connectivity index (χ0n) is 8.49. The van der Waals surface area contributed by atoms with E-state index in [1.54, 1.807) is 0 Å². The minimum Gasteiger partial charge on any atom is -0.120 e. The lowest BCUT2D eigenvalue weighted by Gasteiger charge is -2.30. The minimum absolute atomic E-state index is 0.0551. The molecule has 11 heavy (non-hydrogen) atoms. The second-order valence-electron chi connectivity index (χ2n) is 4.72. The van der Waals surface area contributed by atoms with Gasteiger partial charge >= 0.3 is 0 Å². The van der Waals surface area contributed by atoms with Crippen molar-refractivity contribution in [3.63, 3.8) is 0 Å². The summed E-state index contributed by atoms with van der Waals surface area (Å²) in [5.41, 5.74) is 0.440. The van der Waals surface area contributed by atoms with Crippen LogP contribution in [0.2, 0.25) is 0 Å². The van der Waals surface area contributed by atoms with Gasteiger partial charge in [0.1, 0.15) is 0 Å². The van der Waals surface area contributed by atoms with Crippen molar-refractivity contribution in [2.75, 3.05) is 0 Å². The molecule has 0 radical (unpaired) electrons. The molecule has 0 unspecified atom stereocenters. The summed E-state index contributed by atoms with van der Waals surface area (Å²) in [5.74, 6) is 2.83. The van der Waals surface area contributed by atoms with Gasteiger partial charge in [0.25, 0.3) is 0 Å². The first kappa shape index (κ1) is 10.6. The molecule has 0 aliphatic rings. The lowest BCUT2D eigenvalue weighted by Crippen LogP contribution is -2.20. The van der Waals surface area contributed by atoms with Gasteiger partial charge in [-0.2, -0.15) is 0 Å². The van der Waals surface area contributed by atoms with E-state index in [0.717, 1.165) is 6.42 Å². The van der Waals surface area contributed by atoms with Crippen molar-refractivity contribution < 1.29 is 0 Å². The molecular weight excluding hydrogens is 132 g/mol. The van der Waals surface area contributed by atoms with Crippen LogP contribution in [0.5, 0.6) is 0 Å². The van der Waals surface area contributed by atoms with E-state index < -0.39 is 0 Å². The van der Waals surface area contributed by atoms with Crippen LogP contribution in [0.1, 0.15) is 47.5 Å². The van der Waals surface area contributed by atoms with Gasteiger partial charge in [-0.3, -0.25) is 0 Å². The Morgan fingerprint density at radius 2 is 1.64 bits per heavy atom. The van der Waals surface area contributed by atoms with Crippen LogP contribution in [0, 0.1) is 23.2 Å². The molecule has 0 atom stereocenters. The second-order valence-corrected chi connectivity index (χ2v) is 4.72. The Balaban J connectivity index is 4.16. The topological polar surface area (TPSA) is 0 Å². The van der Waals surface area contributed by atoms with Gasteiger partial charge in [0, 0.05) is 5.41 Å². The molecule has 0 aromatic heterocycles. The van der Waals surface area contributed by atoms with E-state index in [9.17, 15) is 0 Å². The highest BCUT2D eigenvalue weighted by molar-refractivity contribution is 5.02. The summed E-state index contributed by atoms with van der Waals surface area (Å²) in [7, 11) is 0. The lowest BCUT2D eigenvalue weighted by molar-refractivity contribution is 0.237. The van der Waals surface area contributed by atoms with E-state index in [1.807, 2.05) is 0 Å². The Labute approximate surface area is 71.4 Å². The molecule has 0 N–H and O–H groups in total. The van der Waals surface area contributed by atoms with E-state index in [2.05, 4.69) is 40.5 Å². The first-order valence-corrected chi connectivity index (χ1v) is 4.31. The quantitative estimate of drug-likeness (QED) is 0.543. The summed E-state index contributed by atoms with van der Waals surface area (Å²) in [6.45, 7) is 11.0. The predicted octanol–water partition coefficient (Wildman–Crippen LogP) is 3.47.